The lowest BCUT2D eigenvalue weighted by Crippen LogP contribution is -2.39. The first kappa shape index (κ1) is 33.8. The van der Waals surface area contributed by atoms with E-state index in [1.807, 2.05) is 94.4 Å². The molecular formula is C38H36ClN3O6S. The lowest BCUT2D eigenvalue weighted by Gasteiger charge is -2.23. The Morgan fingerprint density at radius 3 is 2.41 bits per heavy atom. The topological polar surface area (TPSA) is 93.3 Å². The third-order valence-electron chi connectivity index (χ3n) is 8.21. The number of halogens is 1. The van der Waals surface area contributed by atoms with Crippen molar-refractivity contribution in [2.45, 2.75) is 40.3 Å². The van der Waals surface area contributed by atoms with Gasteiger partial charge < -0.3 is 23.5 Å². The summed E-state index contributed by atoms with van der Waals surface area (Å²) < 4.78 is 26.9. The molecule has 6 rings (SSSR count). The molecule has 0 aliphatic carbocycles. The first-order valence-electron chi connectivity index (χ1n) is 15.9. The molecule has 0 saturated carbocycles. The van der Waals surface area contributed by atoms with Gasteiger partial charge in [0.1, 0.15) is 12.4 Å². The fraction of sp³-hybridized carbons (Fsp3) is 0.237. The molecule has 0 unspecified atom stereocenters. The standard InChI is InChI=1S/C38H36ClN3O6S/c1-6-46-32-17-12-25(19-33(32)47-7-2)35-30(37(44)45-5)21-40-38-42(35)36(43)34(49-38)20-27-18-23(3)41(24(27)4)28-13-15-29(16-14-28)48-22-26-10-8-9-11-31(26)39/h8-21,35H,6-7,22H2,1-5H3/b34-20+/t35-/m0/s1. The highest BCUT2D eigenvalue weighted by atomic mass is 35.5. The maximum absolute atomic E-state index is 14.2. The van der Waals surface area contributed by atoms with Crippen molar-refractivity contribution < 1.29 is 23.7 Å². The number of aryl methyl sites for hydroxylation is 1. The van der Waals surface area contributed by atoms with Crippen LogP contribution in [0.2, 0.25) is 5.02 Å². The minimum atomic E-state index is -0.771. The van der Waals surface area contributed by atoms with Crippen molar-refractivity contribution in [1.82, 2.24) is 9.13 Å². The highest BCUT2D eigenvalue weighted by molar-refractivity contribution is 7.07. The van der Waals surface area contributed by atoms with E-state index in [4.69, 9.17) is 30.5 Å². The van der Waals surface area contributed by atoms with Gasteiger partial charge in [-0.15, -0.1) is 0 Å². The van der Waals surface area contributed by atoms with E-state index in [9.17, 15) is 9.59 Å². The summed E-state index contributed by atoms with van der Waals surface area (Å²) in [5, 5.41) is 0.670. The van der Waals surface area contributed by atoms with Gasteiger partial charge in [0.15, 0.2) is 16.3 Å². The Labute approximate surface area is 292 Å². The second-order valence-corrected chi connectivity index (χ2v) is 12.7. The van der Waals surface area contributed by atoms with Crippen molar-refractivity contribution in [3.63, 3.8) is 0 Å². The van der Waals surface area contributed by atoms with Crippen molar-refractivity contribution in [3.05, 3.63) is 137 Å². The summed E-state index contributed by atoms with van der Waals surface area (Å²) in [4.78, 5) is 32.1. The largest absolute Gasteiger partial charge is 0.490 e. The highest BCUT2D eigenvalue weighted by Crippen LogP contribution is 2.35. The second-order valence-electron chi connectivity index (χ2n) is 11.3. The molecule has 0 amide bonds. The summed E-state index contributed by atoms with van der Waals surface area (Å²) in [6, 6.07) is 22.2. The smallest absolute Gasteiger partial charge is 0.337 e. The average molecular weight is 698 g/mol. The van der Waals surface area contributed by atoms with Gasteiger partial charge in [0.25, 0.3) is 5.56 Å². The zero-order valence-corrected chi connectivity index (χ0v) is 29.4. The van der Waals surface area contributed by atoms with Gasteiger partial charge in [-0.25, -0.2) is 9.79 Å². The fourth-order valence-electron chi connectivity index (χ4n) is 5.93. The third-order valence-corrected chi connectivity index (χ3v) is 9.58. The molecule has 3 aromatic carbocycles. The Kier molecular flexibility index (Phi) is 10.1. The van der Waals surface area contributed by atoms with E-state index in [1.54, 1.807) is 16.7 Å². The first-order valence-corrected chi connectivity index (χ1v) is 17.1. The van der Waals surface area contributed by atoms with Gasteiger partial charge in [0.05, 0.1) is 36.5 Å². The Hall–Kier alpha value is -5.06. The van der Waals surface area contributed by atoms with E-state index in [1.165, 1.54) is 24.6 Å². The number of hydrogen-bond acceptors (Lipinski definition) is 8. The van der Waals surface area contributed by atoms with Crippen LogP contribution in [0.4, 0.5) is 0 Å². The van der Waals surface area contributed by atoms with Gasteiger partial charge in [0.2, 0.25) is 0 Å². The molecular weight excluding hydrogens is 662 g/mol. The number of ether oxygens (including phenoxy) is 4. The van der Waals surface area contributed by atoms with Crippen LogP contribution >= 0.6 is 22.9 Å². The van der Waals surface area contributed by atoms with Crippen LogP contribution in [0.3, 0.4) is 0 Å². The zero-order valence-electron chi connectivity index (χ0n) is 27.9. The van der Waals surface area contributed by atoms with Gasteiger partial charge in [0, 0.05) is 33.9 Å². The van der Waals surface area contributed by atoms with Crippen LogP contribution in [0.1, 0.15) is 48.0 Å². The molecule has 1 atom stereocenters. The van der Waals surface area contributed by atoms with Crippen LogP contribution in [0.15, 0.2) is 94.4 Å². The molecule has 2 aromatic heterocycles. The quantitative estimate of drug-likeness (QED) is 0.147. The molecule has 0 bridgehead atoms. The second kappa shape index (κ2) is 14.6. The van der Waals surface area contributed by atoms with Crippen LogP contribution in [0, 0.1) is 13.8 Å². The number of rotatable bonds is 11. The summed E-state index contributed by atoms with van der Waals surface area (Å²) in [6.07, 6.45) is 3.36. The number of esters is 1. The normalized spacial score (nSPS) is 14.1. The van der Waals surface area contributed by atoms with Crippen molar-refractivity contribution in [2.24, 2.45) is 4.99 Å². The van der Waals surface area contributed by atoms with E-state index < -0.39 is 12.0 Å². The van der Waals surface area contributed by atoms with Crippen LogP contribution in [0.25, 0.3) is 11.8 Å². The lowest BCUT2D eigenvalue weighted by molar-refractivity contribution is -0.136. The van der Waals surface area contributed by atoms with E-state index in [2.05, 4.69) is 9.56 Å². The molecule has 5 aromatic rings. The van der Waals surface area contributed by atoms with Crippen LogP contribution in [0.5, 0.6) is 17.2 Å². The van der Waals surface area contributed by atoms with Gasteiger partial charge in [-0.1, -0.05) is 47.2 Å². The molecule has 9 nitrogen and oxygen atoms in total. The molecule has 3 heterocycles. The molecule has 1 aliphatic rings. The van der Waals surface area contributed by atoms with Gasteiger partial charge in [-0.3, -0.25) is 9.36 Å². The minimum Gasteiger partial charge on any atom is -0.490 e. The molecule has 0 radical (unpaired) electrons. The third kappa shape index (κ3) is 6.79. The summed E-state index contributed by atoms with van der Waals surface area (Å²) in [6.45, 7) is 9.08. The number of carbonyl (C=O) groups is 1. The van der Waals surface area contributed by atoms with Crippen LogP contribution in [-0.2, 0) is 16.1 Å². The summed E-state index contributed by atoms with van der Waals surface area (Å²) in [5.74, 6) is 1.27. The Morgan fingerprint density at radius 1 is 0.959 bits per heavy atom. The SMILES string of the molecule is CCOc1ccc([C@H]2C(C(=O)OC)=CN=c3s/c(=C/c4cc(C)n(-c5ccc(OCc6ccccc6Cl)cc5)c4C)c(=O)n32)cc1OCC. The molecule has 11 heteroatoms. The van der Waals surface area contributed by atoms with E-state index in [0.29, 0.717) is 51.2 Å². The Balaban J connectivity index is 1.35. The maximum Gasteiger partial charge on any atom is 0.337 e. The number of hydrogen-bond donors (Lipinski definition) is 0. The van der Waals surface area contributed by atoms with Crippen molar-refractivity contribution in [1.29, 1.82) is 0 Å². The number of methoxy groups -OCH3 is 1. The number of carbonyl (C=O) groups excluding carboxylic acids is 1. The average Bonchev–Trinajstić information content (AvgIpc) is 3.58. The Bertz CT molecular complexity index is 2230. The highest BCUT2D eigenvalue weighted by Gasteiger charge is 2.31. The first-order chi connectivity index (χ1) is 23.7. The molecule has 252 valence electrons. The molecule has 0 fully saturated rings. The van der Waals surface area contributed by atoms with Crippen LogP contribution < -0.4 is 29.1 Å². The van der Waals surface area contributed by atoms with E-state index in [-0.39, 0.29) is 11.1 Å². The fourth-order valence-corrected chi connectivity index (χ4v) is 7.08. The lowest BCUT2D eigenvalue weighted by atomic mass is 9.97. The summed E-state index contributed by atoms with van der Waals surface area (Å²) in [7, 11) is 1.31. The predicted octanol–water partition coefficient (Wildman–Crippen LogP) is 6.46. The van der Waals surface area contributed by atoms with E-state index >= 15 is 0 Å². The zero-order chi connectivity index (χ0) is 34.7. The predicted molar refractivity (Wildman–Crippen MR) is 191 cm³/mol. The number of nitrogens with zero attached hydrogens (tertiary/aromatic N) is 3. The Morgan fingerprint density at radius 2 is 1.69 bits per heavy atom. The van der Waals surface area contributed by atoms with Crippen molar-refractivity contribution in [2.75, 3.05) is 20.3 Å². The van der Waals surface area contributed by atoms with E-state index in [0.717, 1.165) is 34.0 Å². The number of fused-ring (bicyclic) bond motifs is 1. The number of thiazole rings is 1. The number of aromatic nitrogens is 2. The minimum absolute atomic E-state index is 0.241. The summed E-state index contributed by atoms with van der Waals surface area (Å²) >= 11 is 7.55. The number of benzene rings is 3. The molecule has 49 heavy (non-hydrogen) atoms. The molecule has 0 N–H and O–H groups in total. The molecule has 1 aliphatic heterocycles. The van der Waals surface area contributed by atoms with Gasteiger partial charge in [-0.05, 0) is 93.4 Å². The van der Waals surface area contributed by atoms with Crippen molar-refractivity contribution in [3.8, 4) is 22.9 Å². The molecule has 0 saturated heterocycles. The van der Waals surface area contributed by atoms with Crippen molar-refractivity contribution >= 4 is 35.0 Å². The maximum atomic E-state index is 14.2. The molecule has 0 spiro atoms. The monoisotopic (exact) mass is 697 g/mol. The van der Waals surface area contributed by atoms with Gasteiger partial charge in [-0.2, -0.15) is 0 Å². The summed E-state index contributed by atoms with van der Waals surface area (Å²) in [5.41, 5.74) is 5.39. The van der Waals surface area contributed by atoms with Crippen LogP contribution in [-0.4, -0.2) is 35.4 Å². The van der Waals surface area contributed by atoms with Gasteiger partial charge >= 0.3 is 5.97 Å².